The van der Waals surface area contributed by atoms with E-state index < -0.39 is 81.1 Å². The molecule has 0 heterocycles. The molecule has 36 heavy (non-hydrogen) atoms. The van der Waals surface area contributed by atoms with Crippen LogP contribution in [0.3, 0.4) is 0 Å². The van der Waals surface area contributed by atoms with Crippen molar-refractivity contribution in [1.29, 1.82) is 0 Å². The van der Waals surface area contributed by atoms with Gasteiger partial charge in [0.15, 0.2) is 11.4 Å². The fourth-order valence-electron chi connectivity index (χ4n) is 5.60. The van der Waals surface area contributed by atoms with Gasteiger partial charge >= 0.3 is 49.4 Å². The number of phenolic OH excluding ortho intramolecular Hbond substituents is 1. The summed E-state index contributed by atoms with van der Waals surface area (Å²) in [5, 5.41) is 66.3. The second-order valence-electron chi connectivity index (χ2n) is 9.12. The van der Waals surface area contributed by atoms with E-state index in [1.54, 1.807) is 0 Å². The van der Waals surface area contributed by atoms with Gasteiger partial charge in [0.05, 0.1) is 40.7 Å². The van der Waals surface area contributed by atoms with Gasteiger partial charge in [-0.3, -0.25) is 19.3 Å². The van der Waals surface area contributed by atoms with Gasteiger partial charge in [0.1, 0.15) is 22.8 Å². The average molecular weight is 765 g/mol. The number of phenols is 1. The van der Waals surface area contributed by atoms with Crippen LogP contribution in [0.2, 0.25) is 0 Å². The summed E-state index contributed by atoms with van der Waals surface area (Å²) < 4.78 is 0. The van der Waals surface area contributed by atoms with Gasteiger partial charge in [0.2, 0.25) is 5.78 Å². The zero-order valence-electron chi connectivity index (χ0n) is 19.2. The molecule has 195 valence electrons. The third-order valence-electron chi connectivity index (χ3n) is 7.03. The van der Waals surface area contributed by atoms with Crippen LogP contribution in [0.1, 0.15) is 18.1 Å². The average Bonchev–Trinajstić information content (AvgIpc) is 2.76. The molecule has 0 radical (unpaired) electrons. The van der Waals surface area contributed by atoms with E-state index >= 15 is 0 Å². The fourth-order valence-corrected chi connectivity index (χ4v) is 5.60. The zero-order chi connectivity index (χ0) is 27.5. The Kier molecular flexibility index (Phi) is 8.29. The molecule has 1 aromatic carbocycles. The number of halogens is 2. The van der Waals surface area contributed by atoms with Gasteiger partial charge in [-0.25, -0.2) is 0 Å². The zero-order valence-corrected chi connectivity index (χ0v) is 24.9. The van der Waals surface area contributed by atoms with E-state index in [0.717, 1.165) is 0 Å². The number of rotatable bonds is 2. The number of aromatic hydroxyl groups is 1. The normalized spacial score (nSPS) is 33.4. The molecule has 0 aromatic heterocycles. The predicted molar refractivity (Wildman–Crippen MR) is 140 cm³/mol. The molecule has 3 aliphatic rings. The topological polar surface area (TPSA) is 202 Å². The number of amides is 1. The number of Topliss-reactive ketones (excluding diaryl/α,β-unsaturated/α-hetero) is 2. The van der Waals surface area contributed by atoms with Gasteiger partial charge in [-0.1, -0.05) is 12.1 Å². The number of carbonyl (C=O) groups is 3. The van der Waals surface area contributed by atoms with Gasteiger partial charge in [-0.05, 0) is 32.6 Å². The molecule has 0 aliphatic heterocycles. The van der Waals surface area contributed by atoms with E-state index in [9.17, 15) is 45.0 Å². The molecule has 1 saturated carbocycles. The number of hydrogen-bond acceptors (Lipinski definition) is 10. The Labute approximate surface area is 234 Å². The number of aliphatic hydroxyl groups excluding tert-OH is 3. The molecule has 3 aliphatic carbocycles. The maximum absolute atomic E-state index is 13.7. The molecule has 11 nitrogen and oxygen atoms in total. The monoisotopic (exact) mass is 765 g/mol. The molecule has 0 bridgehead atoms. The van der Waals surface area contributed by atoms with Crippen LogP contribution in [0.25, 0.3) is 5.76 Å². The number of likely N-dealkylation sites (N-methyl/N-ethyl adjacent to an activating group) is 1. The Balaban J connectivity index is 0.00000115. The quantitative estimate of drug-likeness (QED) is 0.163. The van der Waals surface area contributed by atoms with Crippen molar-refractivity contribution in [3.63, 3.8) is 0 Å². The molecule has 0 saturated heterocycles. The minimum absolute atomic E-state index is 0.00664. The molecule has 14 heteroatoms. The van der Waals surface area contributed by atoms with Crippen LogP contribution in [0.15, 0.2) is 35.1 Å². The molecular weight excluding hydrogens is 741 g/mol. The minimum atomic E-state index is -3.02. The number of benzene rings is 1. The molecule has 8 N–H and O–H groups in total. The third-order valence-corrected chi connectivity index (χ3v) is 7.03. The standard InChI is InChI=1S/C22H24N2O9.2HI.V/c1-21(32)7-5-4-6-8(25)9(7)15(26)10-12(21)17(28)13-14(24(2)3)16(27)11(20(23)31)19(30)22(13,33)18(10)29;;;/h4-6,12-14,17,25-26,28,30,32-33H,1-3H3,(H2,23,31);2*1H;/q;;;+2/p-2/t12-,13-,14+,17+,21-,22+;;;/m1.../s1. The number of hydrogen-bond donors (Lipinski definition) is 7. The Hall–Kier alpha value is -1.21. The summed E-state index contributed by atoms with van der Waals surface area (Å²) >= 11 is 4.74. The first-order chi connectivity index (χ1) is 16.6. The Morgan fingerprint density at radius 3 is 2.19 bits per heavy atom. The van der Waals surface area contributed by atoms with Gasteiger partial charge in [0, 0.05) is 0 Å². The van der Waals surface area contributed by atoms with E-state index in [1.807, 2.05) is 0 Å². The van der Waals surface area contributed by atoms with E-state index in [2.05, 4.69) is 40.0 Å². The summed E-state index contributed by atoms with van der Waals surface area (Å²) in [6.45, 7) is 1.25. The summed E-state index contributed by atoms with van der Waals surface area (Å²) in [7, 11) is 3.43. The van der Waals surface area contributed by atoms with E-state index in [-0.39, 0.29) is 11.1 Å². The number of aliphatic hydroxyl groups is 5. The summed E-state index contributed by atoms with van der Waals surface area (Å²) in [6.07, 6.45) is -1.87. The fraction of sp³-hybridized carbons (Fsp3) is 0.409. The number of primary amides is 1. The Morgan fingerprint density at radius 1 is 1.14 bits per heavy atom. The van der Waals surface area contributed by atoms with Gasteiger partial charge < -0.3 is 36.4 Å². The van der Waals surface area contributed by atoms with Crippen molar-refractivity contribution in [2.75, 3.05) is 14.1 Å². The van der Waals surface area contributed by atoms with Crippen LogP contribution in [-0.4, -0.2) is 84.9 Å². The van der Waals surface area contributed by atoms with Crippen molar-refractivity contribution >= 4 is 63.2 Å². The number of nitrogens with two attached hydrogens (primary N) is 1. The molecule has 6 atom stereocenters. The molecule has 0 spiro atoms. The molecule has 1 fully saturated rings. The summed E-state index contributed by atoms with van der Waals surface area (Å²) in [6, 6.07) is 2.50. The van der Waals surface area contributed by atoms with Crippen molar-refractivity contribution < 1.29 is 54.5 Å². The molecular formula is C22H24I2N2O9V. The summed E-state index contributed by atoms with van der Waals surface area (Å²) in [4.78, 5) is 39.9. The number of ketones is 2. The summed E-state index contributed by atoms with van der Waals surface area (Å²) in [5.41, 5.74) is -1.78. The van der Waals surface area contributed by atoms with E-state index in [1.165, 1.54) is 44.1 Å². The van der Waals surface area contributed by atoms with Gasteiger partial charge in [-0.2, -0.15) is 0 Å². The van der Waals surface area contributed by atoms with Crippen LogP contribution >= 0.6 is 40.0 Å². The molecule has 4 rings (SSSR count). The van der Waals surface area contributed by atoms with Crippen molar-refractivity contribution in [2.24, 2.45) is 17.6 Å². The molecule has 0 unspecified atom stereocenters. The van der Waals surface area contributed by atoms with Crippen molar-refractivity contribution in [1.82, 2.24) is 4.90 Å². The molecule has 1 aromatic rings. The van der Waals surface area contributed by atoms with Gasteiger partial charge in [-0.15, -0.1) is 0 Å². The Bertz CT molecular complexity index is 1220. The predicted octanol–water partition coefficient (Wildman–Crippen LogP) is 0.369. The van der Waals surface area contributed by atoms with Crippen LogP contribution in [0.5, 0.6) is 5.75 Å². The van der Waals surface area contributed by atoms with Crippen LogP contribution in [0, 0.1) is 11.8 Å². The number of fused-ring (bicyclic) bond motifs is 3. The molecule has 1 amide bonds. The van der Waals surface area contributed by atoms with Crippen LogP contribution in [-0.2, 0) is 29.5 Å². The van der Waals surface area contributed by atoms with Crippen molar-refractivity contribution in [2.45, 2.75) is 30.3 Å². The first kappa shape index (κ1) is 29.4. The first-order valence-electron chi connectivity index (χ1n) is 10.4. The van der Waals surface area contributed by atoms with Gasteiger partial charge in [0.25, 0.3) is 5.91 Å². The van der Waals surface area contributed by atoms with Crippen molar-refractivity contribution in [3.8, 4) is 5.75 Å². The number of nitrogens with zero attached hydrogens (tertiary/aromatic N) is 1. The SMILES string of the molecule is CN(C)[C@@H]1C(=O)C(C(N)=O)=C(O)[C@@]2(O)C(=O)C3=C(O)c4c(O)cccc4[C@@](C)(O)[C@H]3[C@H](O)[C@@H]12.[I][V][I]. The van der Waals surface area contributed by atoms with Crippen molar-refractivity contribution in [3.05, 3.63) is 46.2 Å². The van der Waals surface area contributed by atoms with Crippen LogP contribution < -0.4 is 5.73 Å². The number of carbonyl (C=O) groups excluding carboxylic acids is 3. The van der Waals surface area contributed by atoms with Crippen LogP contribution in [0.4, 0.5) is 0 Å². The van der Waals surface area contributed by atoms with E-state index in [0.29, 0.717) is 9.47 Å². The Morgan fingerprint density at radius 2 is 1.69 bits per heavy atom. The summed E-state index contributed by atoms with van der Waals surface area (Å²) in [5.74, 6) is -9.67. The third kappa shape index (κ3) is 4.02. The second-order valence-corrected chi connectivity index (χ2v) is 20.9. The first-order valence-corrected chi connectivity index (χ1v) is 19.4. The second kappa shape index (κ2) is 10.2. The maximum atomic E-state index is 13.7. The van der Waals surface area contributed by atoms with E-state index in [4.69, 9.17) is 5.73 Å².